The average Bonchev–Trinajstić information content (AvgIpc) is 2.73. The van der Waals surface area contributed by atoms with Crippen LogP contribution in [0.3, 0.4) is 0 Å². The number of alkyl halides is 1. The smallest absolute Gasteiger partial charge is 0.160 e. The Balaban J connectivity index is 2.37. The number of hydrogen-bond donors (Lipinski definition) is 0. The van der Waals surface area contributed by atoms with Gasteiger partial charge in [-0.05, 0) is 26.7 Å². The monoisotopic (exact) mass is 300 g/mol. The van der Waals surface area contributed by atoms with E-state index in [1.54, 1.807) is 7.11 Å². The molecule has 0 bridgehead atoms. The van der Waals surface area contributed by atoms with E-state index in [9.17, 15) is 0 Å². The summed E-state index contributed by atoms with van der Waals surface area (Å²) in [6.07, 6.45) is 6.95. The summed E-state index contributed by atoms with van der Waals surface area (Å²) in [6, 6.07) is 0.385. The van der Waals surface area contributed by atoms with Crippen molar-refractivity contribution in [2.24, 2.45) is 0 Å². The maximum atomic E-state index is 5.47. The average molecular weight is 301 g/mol. The molecule has 1 saturated carbocycles. The van der Waals surface area contributed by atoms with Crippen molar-refractivity contribution in [2.45, 2.75) is 56.3 Å². The first kappa shape index (κ1) is 12.9. The highest BCUT2D eigenvalue weighted by Crippen LogP contribution is 2.41. The van der Waals surface area contributed by atoms with E-state index in [1.807, 2.05) is 6.20 Å². The fourth-order valence-electron chi connectivity index (χ4n) is 2.67. The standard InChI is InChI=1S/C13H21BrN2O/c1-9(2)16-13(12(17-3)8-15-16)10-6-4-5-7-11(10)14/h8-11H,4-7H2,1-3H3. The summed E-state index contributed by atoms with van der Waals surface area (Å²) in [6.45, 7) is 4.34. The van der Waals surface area contributed by atoms with Crippen molar-refractivity contribution in [3.8, 4) is 5.75 Å². The van der Waals surface area contributed by atoms with E-state index in [1.165, 1.54) is 31.4 Å². The van der Waals surface area contributed by atoms with E-state index in [-0.39, 0.29) is 0 Å². The first-order chi connectivity index (χ1) is 8.15. The highest BCUT2D eigenvalue weighted by Gasteiger charge is 2.30. The Labute approximate surface area is 112 Å². The molecule has 3 nitrogen and oxygen atoms in total. The van der Waals surface area contributed by atoms with Crippen molar-refractivity contribution < 1.29 is 4.74 Å². The van der Waals surface area contributed by atoms with Crippen LogP contribution in [0.2, 0.25) is 0 Å². The van der Waals surface area contributed by atoms with E-state index in [0.717, 1.165) is 5.75 Å². The Hall–Kier alpha value is -0.510. The molecule has 0 N–H and O–H groups in total. The van der Waals surface area contributed by atoms with Gasteiger partial charge in [-0.3, -0.25) is 4.68 Å². The van der Waals surface area contributed by atoms with Gasteiger partial charge in [0, 0.05) is 16.8 Å². The van der Waals surface area contributed by atoms with Gasteiger partial charge in [-0.1, -0.05) is 28.8 Å². The zero-order valence-electron chi connectivity index (χ0n) is 10.8. The second-order valence-corrected chi connectivity index (χ2v) is 6.22. The van der Waals surface area contributed by atoms with Crippen LogP contribution < -0.4 is 4.74 Å². The normalized spacial score (nSPS) is 25.2. The van der Waals surface area contributed by atoms with E-state index in [2.05, 4.69) is 39.6 Å². The third-order valence-corrected chi connectivity index (χ3v) is 4.64. The zero-order valence-corrected chi connectivity index (χ0v) is 12.4. The van der Waals surface area contributed by atoms with Crippen LogP contribution >= 0.6 is 15.9 Å². The summed E-state index contributed by atoms with van der Waals surface area (Å²) in [5, 5.41) is 4.47. The van der Waals surface area contributed by atoms with Gasteiger partial charge in [0.25, 0.3) is 0 Å². The Morgan fingerprint density at radius 3 is 2.71 bits per heavy atom. The molecule has 1 aromatic rings. The Morgan fingerprint density at radius 2 is 2.12 bits per heavy atom. The van der Waals surface area contributed by atoms with E-state index in [0.29, 0.717) is 16.8 Å². The topological polar surface area (TPSA) is 27.1 Å². The Morgan fingerprint density at radius 1 is 1.41 bits per heavy atom. The Bertz CT molecular complexity index is 375. The number of hydrogen-bond acceptors (Lipinski definition) is 2. The summed E-state index contributed by atoms with van der Waals surface area (Å²) in [7, 11) is 1.73. The third kappa shape index (κ3) is 2.51. The van der Waals surface area contributed by atoms with Crippen LogP contribution in [0.1, 0.15) is 57.2 Å². The number of ether oxygens (including phenoxy) is 1. The summed E-state index contributed by atoms with van der Waals surface area (Å²) in [5.41, 5.74) is 1.27. The first-order valence-electron chi connectivity index (χ1n) is 6.40. The molecule has 1 aliphatic rings. The number of aromatic nitrogens is 2. The van der Waals surface area contributed by atoms with Gasteiger partial charge in [-0.2, -0.15) is 5.10 Å². The molecule has 4 heteroatoms. The summed E-state index contributed by atoms with van der Waals surface area (Å²) < 4.78 is 7.59. The lowest BCUT2D eigenvalue weighted by molar-refractivity contribution is 0.373. The second-order valence-electron chi connectivity index (χ2n) is 5.04. The molecule has 2 atom stereocenters. The predicted molar refractivity (Wildman–Crippen MR) is 73.1 cm³/mol. The molecule has 0 spiro atoms. The highest BCUT2D eigenvalue weighted by molar-refractivity contribution is 9.09. The molecule has 96 valence electrons. The minimum atomic E-state index is 0.385. The summed E-state index contributed by atoms with van der Waals surface area (Å²) in [5.74, 6) is 1.47. The van der Waals surface area contributed by atoms with E-state index in [4.69, 9.17) is 4.74 Å². The maximum absolute atomic E-state index is 5.47. The largest absolute Gasteiger partial charge is 0.493 e. The number of methoxy groups -OCH3 is 1. The van der Waals surface area contributed by atoms with Gasteiger partial charge >= 0.3 is 0 Å². The third-order valence-electron chi connectivity index (χ3n) is 3.54. The van der Waals surface area contributed by atoms with Gasteiger partial charge in [-0.15, -0.1) is 0 Å². The molecule has 0 saturated heterocycles. The highest BCUT2D eigenvalue weighted by atomic mass is 79.9. The number of nitrogens with zero attached hydrogens (tertiary/aromatic N) is 2. The molecule has 17 heavy (non-hydrogen) atoms. The lowest BCUT2D eigenvalue weighted by Gasteiger charge is -2.29. The van der Waals surface area contributed by atoms with Gasteiger partial charge in [-0.25, -0.2) is 0 Å². The molecule has 1 heterocycles. The van der Waals surface area contributed by atoms with Crippen molar-refractivity contribution in [3.05, 3.63) is 11.9 Å². The van der Waals surface area contributed by atoms with Crippen LogP contribution in [0.25, 0.3) is 0 Å². The minimum Gasteiger partial charge on any atom is -0.493 e. The van der Waals surface area contributed by atoms with Crippen LogP contribution in [-0.4, -0.2) is 21.7 Å². The molecule has 2 unspecified atom stereocenters. The van der Waals surface area contributed by atoms with Gasteiger partial charge < -0.3 is 4.74 Å². The lowest BCUT2D eigenvalue weighted by atomic mass is 9.86. The molecular weight excluding hydrogens is 280 g/mol. The van der Waals surface area contributed by atoms with Crippen LogP contribution in [0.15, 0.2) is 6.20 Å². The van der Waals surface area contributed by atoms with Crippen molar-refractivity contribution >= 4 is 15.9 Å². The number of rotatable bonds is 3. The van der Waals surface area contributed by atoms with Gasteiger partial charge in [0.15, 0.2) is 5.75 Å². The fraction of sp³-hybridized carbons (Fsp3) is 0.769. The van der Waals surface area contributed by atoms with Crippen molar-refractivity contribution in [2.75, 3.05) is 7.11 Å². The van der Waals surface area contributed by atoms with Gasteiger partial charge in [0.05, 0.1) is 19.0 Å². The fourth-order valence-corrected chi connectivity index (χ4v) is 3.51. The number of halogens is 1. The van der Waals surface area contributed by atoms with E-state index < -0.39 is 0 Å². The van der Waals surface area contributed by atoms with Gasteiger partial charge in [0.2, 0.25) is 0 Å². The van der Waals surface area contributed by atoms with Gasteiger partial charge in [0.1, 0.15) is 0 Å². The molecule has 0 amide bonds. The molecule has 0 aliphatic heterocycles. The quantitative estimate of drug-likeness (QED) is 0.792. The van der Waals surface area contributed by atoms with E-state index >= 15 is 0 Å². The summed E-state index contributed by atoms with van der Waals surface area (Å²) >= 11 is 3.83. The molecule has 0 radical (unpaired) electrons. The minimum absolute atomic E-state index is 0.385. The molecule has 0 aromatic carbocycles. The van der Waals surface area contributed by atoms with Crippen molar-refractivity contribution in [1.29, 1.82) is 0 Å². The lowest BCUT2D eigenvalue weighted by Crippen LogP contribution is -2.22. The second kappa shape index (κ2) is 5.42. The van der Waals surface area contributed by atoms with Crippen LogP contribution in [0.5, 0.6) is 5.75 Å². The maximum Gasteiger partial charge on any atom is 0.160 e. The summed E-state index contributed by atoms with van der Waals surface area (Å²) in [4.78, 5) is 0.555. The molecular formula is C13H21BrN2O. The molecule has 1 aliphatic carbocycles. The van der Waals surface area contributed by atoms with Crippen LogP contribution in [0.4, 0.5) is 0 Å². The molecule has 1 aromatic heterocycles. The predicted octanol–water partition coefficient (Wildman–Crippen LogP) is 3.89. The van der Waals surface area contributed by atoms with Crippen molar-refractivity contribution in [1.82, 2.24) is 9.78 Å². The molecule has 2 rings (SSSR count). The Kier molecular flexibility index (Phi) is 4.13. The molecule has 1 fully saturated rings. The van der Waals surface area contributed by atoms with Crippen LogP contribution in [0, 0.1) is 0 Å². The SMILES string of the molecule is COc1cnn(C(C)C)c1C1CCCCC1Br. The van der Waals surface area contributed by atoms with Crippen LogP contribution in [-0.2, 0) is 0 Å². The zero-order chi connectivity index (χ0) is 12.4. The van der Waals surface area contributed by atoms with Crippen molar-refractivity contribution in [3.63, 3.8) is 0 Å². The first-order valence-corrected chi connectivity index (χ1v) is 7.32.